The lowest BCUT2D eigenvalue weighted by atomic mass is 10.1. The third-order valence-corrected chi connectivity index (χ3v) is 3.12. The van der Waals surface area contributed by atoms with Gasteiger partial charge in [-0.05, 0) is 56.2 Å². The zero-order chi connectivity index (χ0) is 14.5. The number of hydrogen-bond acceptors (Lipinski definition) is 3. The average Bonchev–Trinajstić information content (AvgIpc) is 2.94. The van der Waals surface area contributed by atoms with E-state index in [0.717, 1.165) is 22.5 Å². The van der Waals surface area contributed by atoms with Crippen LogP contribution in [0.1, 0.15) is 23.8 Å². The van der Waals surface area contributed by atoms with E-state index in [1.54, 1.807) is 6.26 Å². The Hall–Kier alpha value is -2.14. The highest BCUT2D eigenvalue weighted by Crippen LogP contribution is 2.19. The minimum Gasteiger partial charge on any atom is -0.463 e. The molecule has 1 aromatic carbocycles. The zero-order valence-electron chi connectivity index (χ0n) is 11.7. The molecule has 20 heavy (non-hydrogen) atoms. The molecule has 0 saturated heterocycles. The molecule has 0 aliphatic carbocycles. The SMILES string of the molecule is C/C(=N\NC(=S)Nc1c(C)cccc1C)c1ccco1. The van der Waals surface area contributed by atoms with Gasteiger partial charge >= 0.3 is 0 Å². The first-order valence-electron chi connectivity index (χ1n) is 6.29. The largest absolute Gasteiger partial charge is 0.463 e. The molecule has 1 heterocycles. The van der Waals surface area contributed by atoms with Gasteiger partial charge in [0.15, 0.2) is 5.11 Å². The molecule has 104 valence electrons. The normalized spacial score (nSPS) is 11.2. The standard InChI is InChI=1S/C15H17N3OS/c1-10-6-4-7-11(2)14(10)16-15(20)18-17-12(3)13-8-5-9-19-13/h4-9H,1-3H3,(H2,16,18,20)/b17-12+. The van der Waals surface area contributed by atoms with Crippen molar-refractivity contribution in [2.45, 2.75) is 20.8 Å². The minimum atomic E-state index is 0.452. The number of furan rings is 1. The maximum Gasteiger partial charge on any atom is 0.191 e. The molecule has 0 atom stereocenters. The lowest BCUT2D eigenvalue weighted by Gasteiger charge is -2.12. The number of nitrogens with one attached hydrogen (secondary N) is 2. The fraction of sp³-hybridized carbons (Fsp3) is 0.200. The van der Waals surface area contributed by atoms with E-state index in [0.29, 0.717) is 10.9 Å². The number of hydrazone groups is 1. The number of aryl methyl sites for hydroxylation is 2. The van der Waals surface area contributed by atoms with E-state index in [1.807, 2.05) is 51.1 Å². The second kappa shape index (κ2) is 6.34. The Bertz CT molecular complexity index is 612. The maximum absolute atomic E-state index is 5.25. The van der Waals surface area contributed by atoms with Gasteiger partial charge in [0.1, 0.15) is 11.5 Å². The van der Waals surface area contributed by atoms with Gasteiger partial charge in [-0.2, -0.15) is 5.10 Å². The summed E-state index contributed by atoms with van der Waals surface area (Å²) < 4.78 is 5.25. The Labute approximate surface area is 123 Å². The van der Waals surface area contributed by atoms with E-state index in [2.05, 4.69) is 15.8 Å². The number of thiocarbonyl (C=S) groups is 1. The summed E-state index contributed by atoms with van der Waals surface area (Å²) in [6.07, 6.45) is 1.61. The Morgan fingerprint density at radius 3 is 2.45 bits per heavy atom. The fourth-order valence-corrected chi connectivity index (χ4v) is 1.97. The van der Waals surface area contributed by atoms with E-state index in [4.69, 9.17) is 16.6 Å². The van der Waals surface area contributed by atoms with E-state index in [-0.39, 0.29) is 0 Å². The van der Waals surface area contributed by atoms with Crippen LogP contribution in [0.4, 0.5) is 5.69 Å². The number of benzene rings is 1. The van der Waals surface area contributed by atoms with Crippen LogP contribution in [0.25, 0.3) is 0 Å². The molecule has 0 fully saturated rings. The molecule has 0 aliphatic rings. The molecule has 2 aromatic rings. The van der Waals surface area contributed by atoms with Crippen LogP contribution in [0.2, 0.25) is 0 Å². The van der Waals surface area contributed by atoms with Gasteiger partial charge in [-0.1, -0.05) is 18.2 Å². The second-order valence-electron chi connectivity index (χ2n) is 4.51. The minimum absolute atomic E-state index is 0.452. The summed E-state index contributed by atoms with van der Waals surface area (Å²) in [4.78, 5) is 0. The maximum atomic E-state index is 5.25. The van der Waals surface area contributed by atoms with Gasteiger partial charge in [0.25, 0.3) is 0 Å². The Balaban J connectivity index is 2.01. The van der Waals surface area contributed by atoms with Gasteiger partial charge in [0.05, 0.1) is 6.26 Å². The first kappa shape index (κ1) is 14.3. The van der Waals surface area contributed by atoms with Crippen molar-refractivity contribution in [3.05, 3.63) is 53.5 Å². The van der Waals surface area contributed by atoms with Crippen LogP contribution in [0.5, 0.6) is 0 Å². The number of para-hydroxylation sites is 1. The van der Waals surface area contributed by atoms with Crippen molar-refractivity contribution in [2.75, 3.05) is 5.32 Å². The second-order valence-corrected chi connectivity index (χ2v) is 4.92. The predicted molar refractivity (Wildman–Crippen MR) is 86.2 cm³/mol. The van der Waals surface area contributed by atoms with Crippen molar-refractivity contribution in [2.24, 2.45) is 5.10 Å². The first-order valence-corrected chi connectivity index (χ1v) is 6.70. The quantitative estimate of drug-likeness (QED) is 0.514. The van der Waals surface area contributed by atoms with Crippen molar-refractivity contribution in [3.63, 3.8) is 0 Å². The van der Waals surface area contributed by atoms with Crippen molar-refractivity contribution >= 4 is 28.7 Å². The third kappa shape index (κ3) is 3.45. The molecule has 0 bridgehead atoms. The topological polar surface area (TPSA) is 49.6 Å². The smallest absolute Gasteiger partial charge is 0.191 e. The monoisotopic (exact) mass is 287 g/mol. The van der Waals surface area contributed by atoms with Gasteiger partial charge in [0, 0.05) is 5.69 Å². The van der Waals surface area contributed by atoms with Gasteiger partial charge in [-0.3, -0.25) is 5.43 Å². The summed E-state index contributed by atoms with van der Waals surface area (Å²) in [7, 11) is 0. The number of hydrogen-bond donors (Lipinski definition) is 2. The summed E-state index contributed by atoms with van der Waals surface area (Å²) >= 11 is 5.24. The van der Waals surface area contributed by atoms with Crippen LogP contribution in [-0.2, 0) is 0 Å². The molecule has 0 unspecified atom stereocenters. The van der Waals surface area contributed by atoms with Crippen LogP contribution in [0.3, 0.4) is 0 Å². The number of nitrogens with zero attached hydrogens (tertiary/aromatic N) is 1. The van der Waals surface area contributed by atoms with Crippen LogP contribution in [0.15, 0.2) is 46.1 Å². The lowest BCUT2D eigenvalue weighted by molar-refractivity contribution is 0.556. The zero-order valence-corrected chi connectivity index (χ0v) is 12.5. The van der Waals surface area contributed by atoms with Crippen LogP contribution < -0.4 is 10.7 Å². The Morgan fingerprint density at radius 1 is 1.15 bits per heavy atom. The van der Waals surface area contributed by atoms with Crippen LogP contribution in [0, 0.1) is 13.8 Å². The van der Waals surface area contributed by atoms with Crippen molar-refractivity contribution in [3.8, 4) is 0 Å². The van der Waals surface area contributed by atoms with Gasteiger partial charge in [-0.15, -0.1) is 0 Å². The van der Waals surface area contributed by atoms with Crippen molar-refractivity contribution in [1.82, 2.24) is 5.43 Å². The highest BCUT2D eigenvalue weighted by atomic mass is 32.1. The molecule has 0 spiro atoms. The molecule has 0 aliphatic heterocycles. The molecular formula is C15H17N3OS. The summed E-state index contributed by atoms with van der Waals surface area (Å²) in [5.41, 5.74) is 6.85. The van der Waals surface area contributed by atoms with Gasteiger partial charge < -0.3 is 9.73 Å². The van der Waals surface area contributed by atoms with Crippen molar-refractivity contribution in [1.29, 1.82) is 0 Å². The first-order chi connectivity index (χ1) is 9.58. The molecule has 2 N–H and O–H groups in total. The lowest BCUT2D eigenvalue weighted by Crippen LogP contribution is -2.25. The average molecular weight is 287 g/mol. The summed E-state index contributed by atoms with van der Waals surface area (Å²) in [6.45, 7) is 5.93. The van der Waals surface area contributed by atoms with E-state index < -0.39 is 0 Å². The molecule has 2 rings (SSSR count). The highest BCUT2D eigenvalue weighted by molar-refractivity contribution is 7.80. The van der Waals surface area contributed by atoms with Gasteiger partial charge in [0.2, 0.25) is 0 Å². The molecular weight excluding hydrogens is 270 g/mol. The third-order valence-electron chi connectivity index (χ3n) is 2.92. The van der Waals surface area contributed by atoms with Crippen molar-refractivity contribution < 1.29 is 4.42 Å². The van der Waals surface area contributed by atoms with E-state index in [9.17, 15) is 0 Å². The molecule has 0 radical (unpaired) electrons. The molecule has 0 amide bonds. The number of rotatable bonds is 3. The fourth-order valence-electron chi connectivity index (χ4n) is 1.83. The van der Waals surface area contributed by atoms with E-state index in [1.165, 1.54) is 0 Å². The molecule has 1 aromatic heterocycles. The molecule has 5 heteroatoms. The molecule has 0 saturated carbocycles. The van der Waals surface area contributed by atoms with Gasteiger partial charge in [-0.25, -0.2) is 0 Å². The Morgan fingerprint density at radius 2 is 1.85 bits per heavy atom. The van der Waals surface area contributed by atoms with Crippen LogP contribution in [-0.4, -0.2) is 10.8 Å². The van der Waals surface area contributed by atoms with E-state index >= 15 is 0 Å². The number of anilines is 1. The Kier molecular flexibility index (Phi) is 4.53. The molecule has 4 nitrogen and oxygen atoms in total. The highest BCUT2D eigenvalue weighted by Gasteiger charge is 2.04. The summed E-state index contributed by atoms with van der Waals surface area (Å²) in [5, 5.41) is 7.81. The summed E-state index contributed by atoms with van der Waals surface area (Å²) in [5.74, 6) is 0.715. The summed E-state index contributed by atoms with van der Waals surface area (Å²) in [6, 6.07) is 9.76. The predicted octanol–water partition coefficient (Wildman–Crippen LogP) is 3.61. The van der Waals surface area contributed by atoms with Crippen LogP contribution >= 0.6 is 12.2 Å².